The van der Waals surface area contributed by atoms with E-state index in [0.717, 1.165) is 50.0 Å². The molecular formula is C54H72ClLiN10O10. The van der Waals surface area contributed by atoms with Gasteiger partial charge in [0.05, 0.1) is 35.2 Å². The Kier molecular flexibility index (Phi) is 20.4. The summed E-state index contributed by atoms with van der Waals surface area (Å²) >= 11 is 0. The largest absolute Gasteiger partial charge is 1.00 e. The van der Waals surface area contributed by atoms with E-state index in [1.165, 1.54) is 16.9 Å². The number of nitrogens with two attached hydrogens (primary N) is 1. The van der Waals surface area contributed by atoms with Crippen LogP contribution in [0, 0.1) is 5.41 Å². The summed E-state index contributed by atoms with van der Waals surface area (Å²) in [5, 5.41) is 23.1. The minimum atomic E-state index is -1.17. The first-order valence-corrected chi connectivity index (χ1v) is 24.6. The summed E-state index contributed by atoms with van der Waals surface area (Å²) in [6, 6.07) is 19.0. The van der Waals surface area contributed by atoms with Gasteiger partial charge in [0, 0.05) is 105 Å². The zero-order valence-electron chi connectivity index (χ0n) is 46.5. The molecule has 3 amide bonds. The average molecular weight is 1060 g/mol. The Morgan fingerprint density at radius 1 is 0.697 bits per heavy atom. The van der Waals surface area contributed by atoms with Gasteiger partial charge in [0.2, 0.25) is 11.8 Å². The van der Waals surface area contributed by atoms with Crippen molar-refractivity contribution < 1.29 is 79.2 Å². The van der Waals surface area contributed by atoms with Crippen LogP contribution in [0.1, 0.15) is 89.0 Å². The van der Waals surface area contributed by atoms with E-state index in [1.807, 2.05) is 128 Å². The number of hydrogen-bond acceptors (Lipinski definition) is 14. The third-order valence-corrected chi connectivity index (χ3v) is 12.0. The molecule has 4 N–H and O–H groups in total. The molecule has 0 bridgehead atoms. The number of halogens is 1. The molecule has 6 aromatic rings. The van der Waals surface area contributed by atoms with Gasteiger partial charge in [0.25, 0.3) is 5.91 Å². The van der Waals surface area contributed by atoms with Crippen molar-refractivity contribution >= 4 is 57.2 Å². The molecule has 2 aliphatic rings. The fourth-order valence-electron chi connectivity index (χ4n) is 8.29. The van der Waals surface area contributed by atoms with E-state index < -0.39 is 40.4 Å². The van der Waals surface area contributed by atoms with Crippen LogP contribution in [-0.4, -0.2) is 131 Å². The average Bonchev–Trinajstić information content (AvgIpc) is 4.10. The molecule has 0 aliphatic carbocycles. The van der Waals surface area contributed by atoms with Crippen LogP contribution >= 0.6 is 0 Å². The maximum atomic E-state index is 13.4. The number of aliphatic carboxylic acids is 1. The molecule has 2 fully saturated rings. The van der Waals surface area contributed by atoms with Gasteiger partial charge in [0.1, 0.15) is 22.6 Å². The quantitative estimate of drug-likeness (QED) is 0.132. The van der Waals surface area contributed by atoms with Crippen molar-refractivity contribution in [1.29, 1.82) is 0 Å². The molecule has 0 radical (unpaired) electrons. The van der Waals surface area contributed by atoms with E-state index in [4.69, 9.17) is 34.5 Å². The molecule has 20 nitrogen and oxygen atoms in total. The molecule has 0 spiro atoms. The van der Waals surface area contributed by atoms with Crippen molar-refractivity contribution in [3.05, 3.63) is 73.1 Å². The molecule has 2 saturated heterocycles. The number of carbonyl (C=O) groups excluding carboxylic acids is 3. The molecule has 2 aromatic carbocycles. The number of benzene rings is 2. The fraction of sp³-hybridized carbons (Fsp3) is 0.481. The van der Waals surface area contributed by atoms with E-state index in [1.54, 1.807) is 44.8 Å². The number of nitrogens with zero attached hydrogens (tertiary/aromatic N) is 8. The molecule has 0 saturated carbocycles. The normalized spacial score (nSPS) is 17.2. The number of ether oxygens (including phenoxy) is 5. The number of nitrogens with one attached hydrogen (secondary N) is 1. The Morgan fingerprint density at radius 3 is 1.58 bits per heavy atom. The summed E-state index contributed by atoms with van der Waals surface area (Å²) in [7, 11) is 5.28. The van der Waals surface area contributed by atoms with Gasteiger partial charge in [-0.05, 0) is 131 Å². The molecule has 2 aliphatic heterocycles. The van der Waals surface area contributed by atoms with E-state index in [-0.39, 0.29) is 62.5 Å². The number of amides is 3. The summed E-state index contributed by atoms with van der Waals surface area (Å²) in [6.07, 6.45) is 3.60. The van der Waals surface area contributed by atoms with Gasteiger partial charge >= 0.3 is 37.0 Å². The zero-order valence-corrected chi connectivity index (χ0v) is 47.2. The molecular weight excluding hydrogens is 991 g/mol. The maximum Gasteiger partial charge on any atom is 1.00 e. The van der Waals surface area contributed by atoms with Crippen molar-refractivity contribution in [2.75, 3.05) is 44.3 Å². The Morgan fingerprint density at radius 2 is 1.16 bits per heavy atom. The molecule has 6 heterocycles. The molecule has 406 valence electrons. The van der Waals surface area contributed by atoms with Gasteiger partial charge in [-0.1, -0.05) is 0 Å². The SMILES string of the molecule is CC(C)(C)OC(=O)N1CC[C@](C)(C(=O)O)C1.CC(C)Oc1ccc(-c2nn(C)c3ccc(N)cc23)cn1.CO[C@@]1(C(=O)Nc2ccc3c(c2)c(-c2ccc(OC(C)C)nc2)nn3C)CCN(C(=O)OC(C)(C)C)C1.[Cl-].[Li+]. The Labute approximate surface area is 462 Å². The number of pyridine rings is 2. The summed E-state index contributed by atoms with van der Waals surface area (Å²) < 4.78 is 31.2. The smallest absolute Gasteiger partial charge is 1.00 e. The van der Waals surface area contributed by atoms with Gasteiger partial charge in [-0.3, -0.25) is 19.0 Å². The maximum absolute atomic E-state index is 13.4. The van der Waals surface area contributed by atoms with Crippen molar-refractivity contribution in [2.24, 2.45) is 19.5 Å². The number of carboxylic acid groups (broad SMARTS) is 1. The number of hydrogen-bond donors (Lipinski definition) is 3. The van der Waals surface area contributed by atoms with Crippen molar-refractivity contribution in [2.45, 2.75) is 118 Å². The predicted octanol–water partition coefficient (Wildman–Crippen LogP) is 3.12. The number of aryl methyl sites for hydroxylation is 2. The topological polar surface area (TPSA) is 241 Å². The van der Waals surface area contributed by atoms with Gasteiger partial charge in [-0.2, -0.15) is 10.2 Å². The number of anilines is 2. The van der Waals surface area contributed by atoms with Crippen LogP contribution < -0.4 is 51.8 Å². The molecule has 4 aromatic heterocycles. The van der Waals surface area contributed by atoms with Gasteiger partial charge in [0.15, 0.2) is 5.60 Å². The van der Waals surface area contributed by atoms with Crippen LogP contribution in [-0.2, 0) is 37.9 Å². The predicted molar refractivity (Wildman–Crippen MR) is 283 cm³/mol. The third-order valence-electron chi connectivity index (χ3n) is 12.0. The van der Waals surface area contributed by atoms with Gasteiger partial charge in [-0.15, -0.1) is 0 Å². The van der Waals surface area contributed by atoms with Crippen molar-refractivity contribution in [3.8, 4) is 34.3 Å². The number of likely N-dealkylation sites (tertiary alicyclic amines) is 2. The van der Waals surface area contributed by atoms with Crippen LogP contribution in [0.25, 0.3) is 44.3 Å². The molecule has 2 atom stereocenters. The molecule has 0 unspecified atom stereocenters. The van der Waals surface area contributed by atoms with E-state index in [0.29, 0.717) is 43.4 Å². The Hall–Kier alpha value is -6.59. The van der Waals surface area contributed by atoms with Crippen molar-refractivity contribution in [3.63, 3.8) is 0 Å². The number of fused-ring (bicyclic) bond motifs is 2. The second-order valence-corrected chi connectivity index (χ2v) is 21.4. The van der Waals surface area contributed by atoms with E-state index in [9.17, 15) is 19.2 Å². The Balaban J connectivity index is 0.000000270. The molecule has 76 heavy (non-hydrogen) atoms. The van der Waals surface area contributed by atoms with Crippen LogP contribution in [0.4, 0.5) is 21.0 Å². The van der Waals surface area contributed by atoms with E-state index in [2.05, 4.69) is 25.5 Å². The molecule has 8 rings (SSSR count). The monoisotopic (exact) mass is 1060 g/mol. The number of carbonyl (C=O) groups is 4. The summed E-state index contributed by atoms with van der Waals surface area (Å²) in [4.78, 5) is 60.3. The first-order valence-electron chi connectivity index (χ1n) is 24.6. The summed E-state index contributed by atoms with van der Waals surface area (Å²) in [5.74, 6) is -0.0106. The minimum absolute atomic E-state index is 0. The van der Waals surface area contributed by atoms with Crippen LogP contribution in [0.15, 0.2) is 73.1 Å². The van der Waals surface area contributed by atoms with Crippen molar-refractivity contribution in [1.82, 2.24) is 39.3 Å². The number of aromatic nitrogens is 6. The fourth-order valence-corrected chi connectivity index (χ4v) is 8.29. The van der Waals surface area contributed by atoms with Crippen LogP contribution in [0.3, 0.4) is 0 Å². The number of carboxylic acids is 1. The number of nitrogen functional groups attached to an aromatic ring is 1. The first kappa shape index (κ1) is 62.0. The number of rotatable bonds is 10. The standard InChI is InChI=1S/C27H35N5O5.C16H18N4O.C11H19NO4.ClH.Li/c1-17(2)36-22-11-8-18(15-28-22)23-20-14-19(9-10-21(20)31(6)30-23)29-24(33)27(35-7)12-13-32(16-27)25(34)37-26(3,4)5;1-10(2)21-15-7-4-11(9-18-15)16-13-8-12(17)5-6-14(13)20(3)19-16;1-10(2,3)16-9(15)12-6-5-11(4,7-12)8(13)14;;/h8-11,14-15,17H,12-13,16H2,1-7H3,(H,29,33);4-10H,17H2,1-3H3;5-7H2,1-4H3,(H,13,14);1H;/q;;;;+1/p-1/t27-;;11-;;/m0.0../s1. The zero-order chi connectivity index (χ0) is 54.5. The Bertz CT molecular complexity index is 2970. The second kappa shape index (κ2) is 25.0. The van der Waals surface area contributed by atoms with Crippen LogP contribution in [0.2, 0.25) is 0 Å². The van der Waals surface area contributed by atoms with E-state index >= 15 is 0 Å². The number of methoxy groups -OCH3 is 1. The summed E-state index contributed by atoms with van der Waals surface area (Å²) in [5.41, 5.74) is 9.41. The summed E-state index contributed by atoms with van der Waals surface area (Å²) in [6.45, 7) is 21.4. The minimum Gasteiger partial charge on any atom is -1.00 e. The molecule has 22 heteroatoms. The van der Waals surface area contributed by atoms with Crippen LogP contribution in [0.5, 0.6) is 11.8 Å². The van der Waals surface area contributed by atoms with Gasteiger partial charge < -0.3 is 62.0 Å². The van der Waals surface area contributed by atoms with Gasteiger partial charge in [-0.25, -0.2) is 19.6 Å². The second-order valence-electron chi connectivity index (χ2n) is 21.4. The third kappa shape index (κ3) is 15.5. The first-order chi connectivity index (χ1) is 34.6.